The number of carbonyl (C=O) groups is 5. The third-order valence-corrected chi connectivity index (χ3v) is 8.44. The van der Waals surface area contributed by atoms with E-state index in [1.165, 1.54) is 66.9 Å². The maximum absolute atomic E-state index is 15.2. The van der Waals surface area contributed by atoms with Gasteiger partial charge in [-0.1, -0.05) is 42.5 Å². The standard InChI is InChI=1S/C30H18FN3O6S/c1-41(40,18-9-3-2-4-10-18)32-26(35)25-23(33-27(36)19-11-5-6-12-20(19)28(33)37)15-17(31)16-24(25)34-29(38)21-13-7-8-14-22(21)30(34)39/h2-16H,1H3. The SMILES string of the molecule is CS(=O)(=NC(=O)c1c(N2C(=O)c3ccccc3C2=O)cc(F)cc1N1C(=O)c2ccccc2C1=O)c1ccccc1. The van der Waals surface area contributed by atoms with E-state index in [4.69, 9.17) is 0 Å². The second-order valence-corrected chi connectivity index (χ2v) is 11.6. The van der Waals surface area contributed by atoms with Gasteiger partial charge in [-0.05, 0) is 48.5 Å². The van der Waals surface area contributed by atoms with E-state index < -0.39 is 62.0 Å². The molecule has 0 spiro atoms. The molecule has 9 nitrogen and oxygen atoms in total. The Bertz CT molecular complexity index is 1810. The van der Waals surface area contributed by atoms with E-state index >= 15 is 4.39 Å². The third-order valence-electron chi connectivity index (χ3n) is 6.78. The summed E-state index contributed by atoms with van der Waals surface area (Å²) in [4.78, 5) is 68.8. The Morgan fingerprint density at radius 3 is 1.41 bits per heavy atom. The van der Waals surface area contributed by atoms with E-state index in [0.717, 1.165) is 12.1 Å². The molecule has 0 saturated heterocycles. The zero-order valence-corrected chi connectivity index (χ0v) is 22.1. The number of hydrogen-bond acceptors (Lipinski definition) is 6. The Kier molecular flexibility index (Phi) is 5.96. The van der Waals surface area contributed by atoms with Crippen molar-refractivity contribution in [3.05, 3.63) is 125 Å². The minimum absolute atomic E-state index is 0.0166. The Labute approximate surface area is 233 Å². The molecule has 0 radical (unpaired) electrons. The number of benzene rings is 4. The van der Waals surface area contributed by atoms with Gasteiger partial charge in [0.2, 0.25) is 0 Å². The highest BCUT2D eigenvalue weighted by atomic mass is 32.2. The lowest BCUT2D eigenvalue weighted by Crippen LogP contribution is -2.34. The maximum Gasteiger partial charge on any atom is 0.289 e. The molecule has 1 unspecified atom stereocenters. The van der Waals surface area contributed by atoms with E-state index in [1.54, 1.807) is 18.2 Å². The number of amides is 5. The molecule has 6 rings (SSSR count). The van der Waals surface area contributed by atoms with E-state index in [0.29, 0.717) is 9.80 Å². The summed E-state index contributed by atoms with van der Waals surface area (Å²) < 4.78 is 32.7. The first-order valence-corrected chi connectivity index (χ1v) is 14.1. The molecule has 0 fully saturated rings. The summed E-state index contributed by atoms with van der Waals surface area (Å²) in [6, 6.07) is 21.2. The number of imide groups is 2. The van der Waals surface area contributed by atoms with Gasteiger partial charge in [-0.3, -0.25) is 24.0 Å². The van der Waals surface area contributed by atoms with E-state index in [-0.39, 0.29) is 27.1 Å². The van der Waals surface area contributed by atoms with Crippen LogP contribution in [0.1, 0.15) is 51.8 Å². The quantitative estimate of drug-likeness (QED) is 0.329. The molecule has 4 aromatic carbocycles. The molecule has 0 aromatic heterocycles. The normalized spacial score (nSPS) is 15.6. The first kappa shape index (κ1) is 26.0. The molecule has 202 valence electrons. The molecule has 0 aliphatic carbocycles. The van der Waals surface area contributed by atoms with Crippen molar-refractivity contribution in [1.29, 1.82) is 0 Å². The van der Waals surface area contributed by atoms with Crippen molar-refractivity contribution < 1.29 is 32.6 Å². The maximum atomic E-state index is 15.2. The summed E-state index contributed by atoms with van der Waals surface area (Å²) in [5, 5.41) is 0. The van der Waals surface area contributed by atoms with Crippen LogP contribution in [-0.2, 0) is 9.73 Å². The predicted octanol–water partition coefficient (Wildman–Crippen LogP) is 4.72. The van der Waals surface area contributed by atoms with Crippen LogP contribution >= 0.6 is 0 Å². The average Bonchev–Trinajstić information content (AvgIpc) is 3.37. The number of rotatable bonds is 4. The highest BCUT2D eigenvalue weighted by molar-refractivity contribution is 7.93. The Hall–Kier alpha value is -5.29. The third kappa shape index (κ3) is 4.05. The predicted molar refractivity (Wildman–Crippen MR) is 147 cm³/mol. The second-order valence-electron chi connectivity index (χ2n) is 9.31. The van der Waals surface area contributed by atoms with Crippen molar-refractivity contribution in [1.82, 2.24) is 0 Å². The van der Waals surface area contributed by atoms with Gasteiger partial charge in [-0.25, -0.2) is 18.4 Å². The topological polar surface area (TPSA) is 121 Å². The minimum atomic E-state index is -3.40. The smallest absolute Gasteiger partial charge is 0.268 e. The van der Waals surface area contributed by atoms with Crippen LogP contribution in [0.25, 0.3) is 0 Å². The number of anilines is 2. The lowest BCUT2D eigenvalue weighted by atomic mass is 10.1. The molecule has 0 bridgehead atoms. The monoisotopic (exact) mass is 567 g/mol. The van der Waals surface area contributed by atoms with Crippen LogP contribution in [0.4, 0.5) is 15.8 Å². The number of hydrogen-bond donors (Lipinski definition) is 0. The number of carbonyl (C=O) groups excluding carboxylic acids is 5. The van der Waals surface area contributed by atoms with Crippen LogP contribution < -0.4 is 9.80 Å². The van der Waals surface area contributed by atoms with Gasteiger partial charge >= 0.3 is 0 Å². The van der Waals surface area contributed by atoms with Crippen molar-refractivity contribution in [3.63, 3.8) is 0 Å². The molecule has 2 aliphatic rings. The molecule has 11 heteroatoms. The van der Waals surface area contributed by atoms with E-state index in [1.807, 2.05) is 0 Å². The van der Waals surface area contributed by atoms with Crippen molar-refractivity contribution in [2.75, 3.05) is 16.1 Å². The van der Waals surface area contributed by atoms with Crippen LogP contribution in [0, 0.1) is 5.82 Å². The highest BCUT2D eigenvalue weighted by Gasteiger charge is 2.43. The first-order valence-electron chi connectivity index (χ1n) is 12.2. The van der Waals surface area contributed by atoms with Crippen LogP contribution in [0.3, 0.4) is 0 Å². The summed E-state index contributed by atoms with van der Waals surface area (Å²) >= 11 is 0. The molecular formula is C30H18FN3O6S. The van der Waals surface area contributed by atoms with Crippen molar-refractivity contribution in [2.24, 2.45) is 4.36 Å². The van der Waals surface area contributed by atoms with Gasteiger partial charge in [-0.15, -0.1) is 0 Å². The molecule has 2 heterocycles. The van der Waals surface area contributed by atoms with Gasteiger partial charge in [0.25, 0.3) is 29.5 Å². The van der Waals surface area contributed by atoms with Crippen molar-refractivity contribution >= 4 is 50.6 Å². The fourth-order valence-electron chi connectivity index (χ4n) is 4.90. The van der Waals surface area contributed by atoms with Crippen LogP contribution in [0.15, 0.2) is 100 Å². The van der Waals surface area contributed by atoms with E-state index in [9.17, 15) is 28.2 Å². The molecule has 4 aromatic rings. The van der Waals surface area contributed by atoms with Crippen LogP contribution in [-0.4, -0.2) is 40.0 Å². The average molecular weight is 568 g/mol. The molecule has 1 atom stereocenters. The zero-order valence-electron chi connectivity index (χ0n) is 21.2. The summed E-state index contributed by atoms with van der Waals surface area (Å²) in [5.74, 6) is -5.66. The number of halogens is 1. The van der Waals surface area contributed by atoms with Crippen LogP contribution in [0.5, 0.6) is 0 Å². The van der Waals surface area contributed by atoms with Gasteiger partial charge < -0.3 is 0 Å². The summed E-state index contributed by atoms with van der Waals surface area (Å²) in [6.45, 7) is 0. The highest BCUT2D eigenvalue weighted by Crippen LogP contribution is 2.40. The van der Waals surface area contributed by atoms with Crippen LogP contribution in [0.2, 0.25) is 0 Å². The Morgan fingerprint density at radius 2 is 1.02 bits per heavy atom. The molecule has 0 saturated carbocycles. The van der Waals surface area contributed by atoms with Gasteiger partial charge in [-0.2, -0.15) is 4.36 Å². The lowest BCUT2D eigenvalue weighted by molar-refractivity contribution is 0.0912. The molecule has 0 N–H and O–H groups in total. The van der Waals surface area contributed by atoms with E-state index in [2.05, 4.69) is 4.36 Å². The largest absolute Gasteiger partial charge is 0.289 e. The lowest BCUT2D eigenvalue weighted by Gasteiger charge is -2.23. The van der Waals surface area contributed by atoms with Gasteiger partial charge in [0.1, 0.15) is 5.82 Å². The van der Waals surface area contributed by atoms with Gasteiger partial charge in [0, 0.05) is 11.2 Å². The molecule has 5 amide bonds. The molecule has 2 aliphatic heterocycles. The zero-order chi connectivity index (χ0) is 29.1. The number of nitrogens with zero attached hydrogens (tertiary/aromatic N) is 3. The second kappa shape index (κ2) is 9.42. The molecular weight excluding hydrogens is 549 g/mol. The Morgan fingerprint density at radius 1 is 0.659 bits per heavy atom. The fraction of sp³-hybridized carbons (Fsp3) is 0.0333. The summed E-state index contributed by atoms with van der Waals surface area (Å²) in [7, 11) is -3.40. The van der Waals surface area contributed by atoms with Gasteiger partial charge in [0.05, 0.1) is 48.9 Å². The first-order chi connectivity index (χ1) is 19.6. The molecule has 41 heavy (non-hydrogen) atoms. The fourth-order valence-corrected chi connectivity index (χ4v) is 6.07. The summed E-state index contributed by atoms with van der Waals surface area (Å²) in [6.07, 6.45) is 1.22. The number of fused-ring (bicyclic) bond motifs is 2. The van der Waals surface area contributed by atoms with Gasteiger partial charge in [0.15, 0.2) is 0 Å². The minimum Gasteiger partial charge on any atom is -0.268 e. The Balaban J connectivity index is 1.61. The van der Waals surface area contributed by atoms with Crippen molar-refractivity contribution in [2.45, 2.75) is 4.90 Å². The summed E-state index contributed by atoms with van der Waals surface area (Å²) in [5.41, 5.74) is -1.63. The van der Waals surface area contributed by atoms with Crippen molar-refractivity contribution in [3.8, 4) is 0 Å².